The lowest BCUT2D eigenvalue weighted by molar-refractivity contribution is -0.142. The highest BCUT2D eigenvalue weighted by Gasteiger charge is 2.29. The molecule has 1 aliphatic rings. The van der Waals surface area contributed by atoms with Crippen molar-refractivity contribution in [2.75, 3.05) is 6.54 Å². The molecule has 0 radical (unpaired) electrons. The molecule has 1 aromatic heterocycles. The highest BCUT2D eigenvalue weighted by atomic mass is 16.5. The summed E-state index contributed by atoms with van der Waals surface area (Å²) in [4.78, 5) is 34.7. The Hall–Kier alpha value is -2.38. The zero-order valence-corrected chi connectivity index (χ0v) is 13.2. The minimum Gasteiger partial charge on any atom is -0.480 e. The molecule has 1 saturated carbocycles. The van der Waals surface area contributed by atoms with Crippen LogP contribution in [0.3, 0.4) is 0 Å². The molecule has 3 N–H and O–H groups in total. The third-order valence-electron chi connectivity index (χ3n) is 3.49. The normalized spacial score (nSPS) is 15.3. The number of hydrogen-bond acceptors (Lipinski definition) is 5. The molecule has 0 bridgehead atoms. The van der Waals surface area contributed by atoms with Gasteiger partial charge in [0.1, 0.15) is 11.8 Å². The molecule has 0 spiro atoms. The summed E-state index contributed by atoms with van der Waals surface area (Å²) in [6.07, 6.45) is 2.39. The van der Waals surface area contributed by atoms with Gasteiger partial charge < -0.3 is 20.3 Å². The molecular formula is C15H21N3O5. The molecule has 2 amide bonds. The molecular weight excluding hydrogens is 302 g/mol. The predicted molar refractivity (Wildman–Crippen MR) is 79.8 cm³/mol. The Kier molecular flexibility index (Phi) is 5.36. The molecule has 1 aliphatic carbocycles. The highest BCUT2D eigenvalue weighted by Crippen LogP contribution is 2.40. The fourth-order valence-electron chi connectivity index (χ4n) is 2.15. The maximum atomic E-state index is 11.9. The molecule has 126 valence electrons. The number of carboxylic acids is 1. The molecule has 1 atom stereocenters. The van der Waals surface area contributed by atoms with Gasteiger partial charge in [-0.2, -0.15) is 0 Å². The fourth-order valence-corrected chi connectivity index (χ4v) is 2.15. The molecule has 1 heterocycles. The summed E-state index contributed by atoms with van der Waals surface area (Å²) in [7, 11) is 0. The molecule has 8 heteroatoms. The molecule has 1 aromatic rings. The third kappa shape index (κ3) is 5.08. The van der Waals surface area contributed by atoms with Crippen molar-refractivity contribution in [3.63, 3.8) is 0 Å². The molecule has 2 rings (SSSR count). The summed E-state index contributed by atoms with van der Waals surface area (Å²) in [5.74, 6) is -1.02. The molecule has 0 aromatic carbocycles. The smallest absolute Gasteiger partial charge is 0.326 e. The van der Waals surface area contributed by atoms with Gasteiger partial charge in [-0.15, -0.1) is 0 Å². The van der Waals surface area contributed by atoms with Gasteiger partial charge in [0.2, 0.25) is 5.91 Å². The summed E-state index contributed by atoms with van der Waals surface area (Å²) in [5.41, 5.74) is 0.122. The van der Waals surface area contributed by atoms with Gasteiger partial charge in [-0.05, 0) is 25.2 Å². The van der Waals surface area contributed by atoms with Crippen LogP contribution in [-0.4, -0.2) is 40.6 Å². The van der Waals surface area contributed by atoms with Gasteiger partial charge in [-0.3, -0.25) is 9.59 Å². The average molecular weight is 323 g/mol. The van der Waals surface area contributed by atoms with E-state index < -0.39 is 23.8 Å². The van der Waals surface area contributed by atoms with Gasteiger partial charge >= 0.3 is 5.97 Å². The second-order valence-corrected chi connectivity index (χ2v) is 6.16. The predicted octanol–water partition coefficient (Wildman–Crippen LogP) is 0.897. The SMILES string of the molecule is CC(C)C[C@H](NC(=O)CNC(=O)c1cc(C2CC2)on1)C(=O)O. The molecule has 0 saturated heterocycles. The minimum atomic E-state index is -1.09. The van der Waals surface area contributed by atoms with Crippen molar-refractivity contribution in [3.05, 3.63) is 17.5 Å². The van der Waals surface area contributed by atoms with E-state index in [1.807, 2.05) is 13.8 Å². The molecule has 1 fully saturated rings. The summed E-state index contributed by atoms with van der Waals surface area (Å²) in [6, 6.07) is 0.608. The van der Waals surface area contributed by atoms with Crippen LogP contribution in [0.15, 0.2) is 10.6 Å². The lowest BCUT2D eigenvalue weighted by atomic mass is 10.0. The number of carbonyl (C=O) groups excluding carboxylic acids is 2. The third-order valence-corrected chi connectivity index (χ3v) is 3.49. The summed E-state index contributed by atoms with van der Waals surface area (Å²) < 4.78 is 5.07. The zero-order valence-electron chi connectivity index (χ0n) is 13.2. The van der Waals surface area contributed by atoms with Crippen molar-refractivity contribution < 1.29 is 24.0 Å². The Morgan fingerprint density at radius 1 is 1.39 bits per heavy atom. The van der Waals surface area contributed by atoms with E-state index in [0.29, 0.717) is 18.1 Å². The Bertz CT molecular complexity index is 592. The second kappa shape index (κ2) is 7.26. The van der Waals surface area contributed by atoms with Crippen LogP contribution in [0.4, 0.5) is 0 Å². The van der Waals surface area contributed by atoms with E-state index in [4.69, 9.17) is 9.63 Å². The average Bonchev–Trinajstić information content (AvgIpc) is 3.21. The molecule has 0 aliphatic heterocycles. The van der Waals surface area contributed by atoms with E-state index in [9.17, 15) is 14.4 Å². The maximum Gasteiger partial charge on any atom is 0.326 e. The number of rotatable bonds is 8. The van der Waals surface area contributed by atoms with Crippen LogP contribution in [0, 0.1) is 5.92 Å². The Morgan fingerprint density at radius 2 is 2.09 bits per heavy atom. The van der Waals surface area contributed by atoms with Crippen molar-refractivity contribution in [2.45, 2.75) is 45.1 Å². The van der Waals surface area contributed by atoms with Gasteiger partial charge in [-0.25, -0.2) is 4.79 Å². The number of aliphatic carboxylic acids is 1. The van der Waals surface area contributed by atoms with E-state index in [0.717, 1.165) is 12.8 Å². The number of hydrogen-bond donors (Lipinski definition) is 3. The van der Waals surface area contributed by atoms with Crippen molar-refractivity contribution in [1.82, 2.24) is 15.8 Å². The van der Waals surface area contributed by atoms with Gasteiger partial charge in [0.05, 0.1) is 6.54 Å². The number of carboxylic acid groups (broad SMARTS) is 1. The summed E-state index contributed by atoms with van der Waals surface area (Å²) >= 11 is 0. The lowest BCUT2D eigenvalue weighted by Gasteiger charge is -2.16. The second-order valence-electron chi connectivity index (χ2n) is 6.16. The number of amides is 2. The van der Waals surface area contributed by atoms with Gasteiger partial charge in [-0.1, -0.05) is 19.0 Å². The van der Waals surface area contributed by atoms with Gasteiger partial charge in [0, 0.05) is 12.0 Å². The van der Waals surface area contributed by atoms with E-state index in [1.165, 1.54) is 0 Å². The van der Waals surface area contributed by atoms with Crippen molar-refractivity contribution in [3.8, 4) is 0 Å². The van der Waals surface area contributed by atoms with E-state index >= 15 is 0 Å². The monoisotopic (exact) mass is 323 g/mol. The van der Waals surface area contributed by atoms with Crippen LogP contribution in [0.25, 0.3) is 0 Å². The number of nitrogens with one attached hydrogen (secondary N) is 2. The maximum absolute atomic E-state index is 11.9. The summed E-state index contributed by atoms with van der Waals surface area (Å²) in [6.45, 7) is 3.42. The Morgan fingerprint density at radius 3 is 2.65 bits per heavy atom. The van der Waals surface area contributed by atoms with Gasteiger partial charge in [0.25, 0.3) is 5.91 Å². The number of carbonyl (C=O) groups is 3. The van der Waals surface area contributed by atoms with Crippen LogP contribution in [0.1, 0.15) is 55.3 Å². The van der Waals surface area contributed by atoms with Crippen molar-refractivity contribution in [2.24, 2.45) is 5.92 Å². The summed E-state index contributed by atoms with van der Waals surface area (Å²) in [5, 5.41) is 17.5. The fraction of sp³-hybridized carbons (Fsp3) is 0.600. The topological polar surface area (TPSA) is 122 Å². The van der Waals surface area contributed by atoms with Crippen LogP contribution in [0.2, 0.25) is 0 Å². The van der Waals surface area contributed by atoms with Gasteiger partial charge in [0.15, 0.2) is 5.69 Å². The first-order valence-corrected chi connectivity index (χ1v) is 7.63. The standard InChI is InChI=1S/C15H21N3O5/c1-8(2)5-11(15(21)22)17-13(19)7-16-14(20)10-6-12(23-18-10)9-3-4-9/h6,8-9,11H,3-5,7H2,1-2H3,(H,16,20)(H,17,19)(H,21,22)/t11-/m0/s1. The number of aromatic nitrogens is 1. The van der Waals surface area contributed by atoms with Crippen LogP contribution < -0.4 is 10.6 Å². The first kappa shape index (κ1) is 17.0. The van der Waals surface area contributed by atoms with E-state index in [2.05, 4.69) is 15.8 Å². The molecule has 0 unspecified atom stereocenters. The van der Waals surface area contributed by atoms with E-state index in [-0.39, 0.29) is 18.2 Å². The Labute approximate surface area is 133 Å². The largest absolute Gasteiger partial charge is 0.480 e. The lowest BCUT2D eigenvalue weighted by Crippen LogP contribution is -2.46. The highest BCUT2D eigenvalue weighted by molar-refractivity contribution is 5.95. The van der Waals surface area contributed by atoms with Crippen molar-refractivity contribution in [1.29, 1.82) is 0 Å². The Balaban J connectivity index is 1.80. The van der Waals surface area contributed by atoms with Crippen LogP contribution >= 0.6 is 0 Å². The van der Waals surface area contributed by atoms with Crippen LogP contribution in [-0.2, 0) is 9.59 Å². The first-order valence-electron chi connectivity index (χ1n) is 7.63. The van der Waals surface area contributed by atoms with Crippen LogP contribution in [0.5, 0.6) is 0 Å². The number of nitrogens with zero attached hydrogens (tertiary/aromatic N) is 1. The van der Waals surface area contributed by atoms with E-state index in [1.54, 1.807) is 6.07 Å². The quantitative estimate of drug-likeness (QED) is 0.653. The van der Waals surface area contributed by atoms with Crippen molar-refractivity contribution >= 4 is 17.8 Å². The first-order chi connectivity index (χ1) is 10.9. The molecule has 8 nitrogen and oxygen atoms in total. The minimum absolute atomic E-state index is 0.122. The zero-order chi connectivity index (χ0) is 17.0. The molecule has 23 heavy (non-hydrogen) atoms.